The number of hydrogen-bond acceptors (Lipinski definition) is 4. The highest BCUT2D eigenvalue weighted by molar-refractivity contribution is 5.97. The first-order valence-electron chi connectivity index (χ1n) is 11.1. The first kappa shape index (κ1) is 21.9. The quantitative estimate of drug-likeness (QED) is 0.615. The summed E-state index contributed by atoms with van der Waals surface area (Å²) in [6.07, 6.45) is 1.61. The highest BCUT2D eigenvalue weighted by atomic mass is 16.5. The van der Waals surface area contributed by atoms with Gasteiger partial charge in [0, 0.05) is 51.0 Å². The Morgan fingerprint density at radius 1 is 1.16 bits per heavy atom. The molecule has 1 amide bonds. The number of aromatic nitrogens is 4. The summed E-state index contributed by atoms with van der Waals surface area (Å²) in [5, 5.41) is 4.46. The van der Waals surface area contributed by atoms with Crippen molar-refractivity contribution in [3.8, 4) is 17.0 Å². The monoisotopic (exact) mass is 437 g/mol. The molecular formula is C24H31N5O3. The number of carbonyl (C=O) groups excluding carboxylic acids is 1. The molecule has 8 nitrogen and oxygen atoms in total. The standard InChI is InChI=1S/C24H31N5O3/c1-6-29-22(25-27(4)24(29)31)18-11-13-28(14-12-18)23(30)20-15-21(26(3)16(20)2)17-7-9-19(32-5)10-8-17/h7-10,15,18H,6,11-14H2,1-5H3. The SMILES string of the molecule is CCn1c(C2CCN(C(=O)c3cc(-c4ccc(OC)cc4)n(C)c3C)CC2)nn(C)c1=O. The van der Waals surface area contributed by atoms with Crippen LogP contribution in [-0.4, -0.2) is 49.9 Å². The number of hydrogen-bond donors (Lipinski definition) is 0. The van der Waals surface area contributed by atoms with E-state index < -0.39 is 0 Å². The number of likely N-dealkylation sites (tertiary alicyclic amines) is 1. The number of piperidine rings is 1. The summed E-state index contributed by atoms with van der Waals surface area (Å²) in [5.41, 5.74) is 3.66. The van der Waals surface area contributed by atoms with Crippen LogP contribution in [0, 0.1) is 6.92 Å². The van der Waals surface area contributed by atoms with Gasteiger partial charge in [0.25, 0.3) is 5.91 Å². The molecule has 32 heavy (non-hydrogen) atoms. The lowest BCUT2D eigenvalue weighted by Crippen LogP contribution is -2.38. The third-order valence-electron chi connectivity index (χ3n) is 6.65. The van der Waals surface area contributed by atoms with Crippen molar-refractivity contribution >= 4 is 5.91 Å². The van der Waals surface area contributed by atoms with E-state index in [0.29, 0.717) is 19.6 Å². The Labute approximate surface area is 188 Å². The van der Waals surface area contributed by atoms with Crippen LogP contribution in [0.3, 0.4) is 0 Å². The second-order valence-corrected chi connectivity index (χ2v) is 8.39. The van der Waals surface area contributed by atoms with Gasteiger partial charge in [-0.05, 0) is 62.6 Å². The number of methoxy groups -OCH3 is 1. The van der Waals surface area contributed by atoms with Crippen LogP contribution in [0.1, 0.15) is 47.6 Å². The minimum atomic E-state index is -0.0769. The third-order valence-corrected chi connectivity index (χ3v) is 6.65. The Morgan fingerprint density at radius 3 is 2.41 bits per heavy atom. The molecule has 0 atom stereocenters. The Hall–Kier alpha value is -3.29. The van der Waals surface area contributed by atoms with Gasteiger partial charge in [0.05, 0.1) is 12.7 Å². The minimum Gasteiger partial charge on any atom is -0.497 e. The number of amides is 1. The summed E-state index contributed by atoms with van der Waals surface area (Å²) in [7, 11) is 5.33. The number of carbonyl (C=O) groups is 1. The number of nitrogens with zero attached hydrogens (tertiary/aromatic N) is 5. The van der Waals surface area contributed by atoms with Crippen LogP contribution in [0.25, 0.3) is 11.3 Å². The minimum absolute atomic E-state index is 0.0604. The highest BCUT2D eigenvalue weighted by Gasteiger charge is 2.30. The van der Waals surface area contributed by atoms with Crippen LogP contribution in [0.2, 0.25) is 0 Å². The Morgan fingerprint density at radius 2 is 1.81 bits per heavy atom. The number of rotatable bonds is 5. The average molecular weight is 438 g/mol. The van der Waals surface area contributed by atoms with Crippen molar-refractivity contribution in [2.24, 2.45) is 14.1 Å². The lowest BCUT2D eigenvalue weighted by molar-refractivity contribution is 0.0709. The fourth-order valence-corrected chi connectivity index (χ4v) is 4.59. The van der Waals surface area contributed by atoms with Crippen molar-refractivity contribution in [2.45, 2.75) is 39.2 Å². The Balaban J connectivity index is 1.51. The first-order chi connectivity index (χ1) is 15.3. The molecule has 3 aromatic rings. The van der Waals surface area contributed by atoms with Gasteiger partial charge in [0.15, 0.2) is 0 Å². The molecule has 0 N–H and O–H groups in total. The van der Waals surface area contributed by atoms with Crippen LogP contribution < -0.4 is 10.4 Å². The molecule has 0 radical (unpaired) electrons. The summed E-state index contributed by atoms with van der Waals surface area (Å²) in [5.74, 6) is 1.90. The number of ether oxygens (including phenoxy) is 1. The van der Waals surface area contributed by atoms with E-state index in [9.17, 15) is 9.59 Å². The molecule has 8 heteroatoms. The van der Waals surface area contributed by atoms with Gasteiger partial charge in [0.1, 0.15) is 11.6 Å². The van der Waals surface area contributed by atoms with Gasteiger partial charge in [0.2, 0.25) is 0 Å². The zero-order valence-corrected chi connectivity index (χ0v) is 19.5. The van der Waals surface area contributed by atoms with Gasteiger partial charge in [-0.2, -0.15) is 5.10 Å². The molecule has 4 rings (SSSR count). The van der Waals surface area contributed by atoms with E-state index in [4.69, 9.17) is 4.74 Å². The van der Waals surface area contributed by atoms with Gasteiger partial charge in [-0.15, -0.1) is 0 Å². The molecule has 0 unspecified atom stereocenters. The molecule has 0 aliphatic carbocycles. The van der Waals surface area contributed by atoms with E-state index in [0.717, 1.165) is 46.9 Å². The summed E-state index contributed by atoms with van der Waals surface area (Å²) in [6.45, 7) is 5.87. The maximum Gasteiger partial charge on any atom is 0.345 e. The van der Waals surface area contributed by atoms with Gasteiger partial charge < -0.3 is 14.2 Å². The summed E-state index contributed by atoms with van der Waals surface area (Å²) in [6, 6.07) is 9.86. The van der Waals surface area contributed by atoms with Crippen molar-refractivity contribution < 1.29 is 9.53 Å². The van der Waals surface area contributed by atoms with Crippen molar-refractivity contribution in [1.82, 2.24) is 23.8 Å². The van der Waals surface area contributed by atoms with Gasteiger partial charge in [-0.25, -0.2) is 9.48 Å². The second-order valence-electron chi connectivity index (χ2n) is 8.39. The van der Waals surface area contributed by atoms with Crippen molar-refractivity contribution in [3.05, 3.63) is 57.9 Å². The molecule has 1 aliphatic heterocycles. The van der Waals surface area contributed by atoms with Crippen LogP contribution >= 0.6 is 0 Å². The molecule has 2 aromatic heterocycles. The summed E-state index contributed by atoms with van der Waals surface area (Å²) >= 11 is 0. The molecule has 3 heterocycles. The van der Waals surface area contributed by atoms with E-state index in [2.05, 4.69) is 9.67 Å². The van der Waals surface area contributed by atoms with E-state index in [1.54, 1.807) is 18.7 Å². The van der Waals surface area contributed by atoms with Gasteiger partial charge in [-0.3, -0.25) is 9.36 Å². The topological polar surface area (TPSA) is 74.3 Å². The molecule has 1 aliphatic rings. The molecule has 1 saturated heterocycles. The fraction of sp³-hybridized carbons (Fsp3) is 0.458. The maximum absolute atomic E-state index is 13.4. The third kappa shape index (κ3) is 3.74. The van der Waals surface area contributed by atoms with E-state index in [1.165, 1.54) is 4.68 Å². The smallest absolute Gasteiger partial charge is 0.345 e. The molecular weight excluding hydrogens is 406 g/mol. The summed E-state index contributed by atoms with van der Waals surface area (Å²) < 4.78 is 10.5. The largest absolute Gasteiger partial charge is 0.497 e. The van der Waals surface area contributed by atoms with Crippen molar-refractivity contribution in [3.63, 3.8) is 0 Å². The molecule has 0 saturated carbocycles. The highest BCUT2D eigenvalue weighted by Crippen LogP contribution is 2.30. The van der Waals surface area contributed by atoms with Crippen molar-refractivity contribution in [2.75, 3.05) is 20.2 Å². The average Bonchev–Trinajstić information content (AvgIpc) is 3.28. The molecule has 0 spiro atoms. The Kier molecular flexibility index (Phi) is 5.95. The number of aryl methyl sites for hydroxylation is 1. The summed E-state index contributed by atoms with van der Waals surface area (Å²) in [4.78, 5) is 27.5. The number of benzene rings is 1. The zero-order valence-electron chi connectivity index (χ0n) is 19.5. The maximum atomic E-state index is 13.4. The van der Waals surface area contributed by atoms with E-state index in [1.807, 2.05) is 56.1 Å². The van der Waals surface area contributed by atoms with E-state index in [-0.39, 0.29) is 17.5 Å². The van der Waals surface area contributed by atoms with E-state index >= 15 is 0 Å². The van der Waals surface area contributed by atoms with Crippen LogP contribution in [0.4, 0.5) is 0 Å². The lowest BCUT2D eigenvalue weighted by atomic mass is 9.95. The molecule has 170 valence electrons. The predicted molar refractivity (Wildman–Crippen MR) is 123 cm³/mol. The normalized spacial score (nSPS) is 14.7. The van der Waals surface area contributed by atoms with Crippen LogP contribution in [0.15, 0.2) is 35.1 Å². The lowest BCUT2D eigenvalue weighted by Gasteiger charge is -2.31. The van der Waals surface area contributed by atoms with Crippen molar-refractivity contribution in [1.29, 1.82) is 0 Å². The molecule has 1 fully saturated rings. The predicted octanol–water partition coefficient (Wildman–Crippen LogP) is 2.94. The Bertz CT molecular complexity index is 1180. The fourth-order valence-electron chi connectivity index (χ4n) is 4.59. The van der Waals surface area contributed by atoms with Crippen LogP contribution in [0.5, 0.6) is 5.75 Å². The zero-order chi connectivity index (χ0) is 23.0. The van der Waals surface area contributed by atoms with Gasteiger partial charge in [-0.1, -0.05) is 0 Å². The molecule has 1 aromatic carbocycles. The van der Waals surface area contributed by atoms with Crippen LogP contribution in [-0.2, 0) is 20.6 Å². The first-order valence-corrected chi connectivity index (χ1v) is 11.1. The van der Waals surface area contributed by atoms with Gasteiger partial charge >= 0.3 is 5.69 Å². The molecule has 0 bridgehead atoms. The second kappa shape index (κ2) is 8.68.